The van der Waals surface area contributed by atoms with Gasteiger partial charge in [0.25, 0.3) is 5.91 Å². The highest BCUT2D eigenvalue weighted by Gasteiger charge is 2.30. The Balaban J connectivity index is 1.21. The van der Waals surface area contributed by atoms with Gasteiger partial charge in [0.2, 0.25) is 0 Å². The molecule has 1 amide bonds. The number of amides is 1. The molecule has 2 aromatic heterocycles. The lowest BCUT2D eigenvalue weighted by atomic mass is 9.93. The summed E-state index contributed by atoms with van der Waals surface area (Å²) >= 11 is 1.68. The highest BCUT2D eigenvalue weighted by atomic mass is 32.1. The van der Waals surface area contributed by atoms with Crippen molar-refractivity contribution in [3.8, 4) is 10.4 Å². The van der Waals surface area contributed by atoms with Gasteiger partial charge in [-0.3, -0.25) is 14.5 Å². The van der Waals surface area contributed by atoms with Gasteiger partial charge in [-0.2, -0.15) is 0 Å². The molecule has 0 saturated carbocycles. The standard InChI is InChI=1S/C25H26FN3O2S/c1-16-23-20(6-3-7-21(23)30)27-24(16)25(31)29-12-10-28(11-13-29)15-19-8-9-22(32-19)17-4-2-5-18(26)14-17/h2,4-5,8-9,14,27H,3,6-7,10-13,15H2,1H3. The maximum atomic E-state index is 13.5. The SMILES string of the molecule is Cc1c(C(=O)N2CCN(Cc3ccc(-c4cccc(F)c4)s3)CC2)[nH]c2c1C(=O)CCC2. The first-order valence-corrected chi connectivity index (χ1v) is 11.9. The molecule has 0 radical (unpaired) electrons. The van der Waals surface area contributed by atoms with E-state index in [0.717, 1.165) is 59.7 Å². The average molecular weight is 452 g/mol. The number of benzene rings is 1. The molecule has 7 heteroatoms. The molecular weight excluding hydrogens is 425 g/mol. The van der Waals surface area contributed by atoms with Gasteiger partial charge in [-0.25, -0.2) is 4.39 Å². The van der Waals surface area contributed by atoms with Gasteiger partial charge in [0, 0.05) is 60.2 Å². The fourth-order valence-electron chi connectivity index (χ4n) is 4.74. The number of carbonyl (C=O) groups is 2. The zero-order valence-electron chi connectivity index (χ0n) is 18.1. The molecule has 3 heterocycles. The lowest BCUT2D eigenvalue weighted by Crippen LogP contribution is -2.48. The van der Waals surface area contributed by atoms with Gasteiger partial charge in [-0.15, -0.1) is 11.3 Å². The number of rotatable bonds is 4. The second-order valence-corrected chi connectivity index (χ2v) is 9.77. The van der Waals surface area contributed by atoms with Crippen LogP contribution >= 0.6 is 11.3 Å². The van der Waals surface area contributed by atoms with Gasteiger partial charge in [0.15, 0.2) is 5.78 Å². The lowest BCUT2D eigenvalue weighted by molar-refractivity contribution is 0.0623. The molecule has 3 aromatic rings. The summed E-state index contributed by atoms with van der Waals surface area (Å²) < 4.78 is 13.5. The molecule has 32 heavy (non-hydrogen) atoms. The molecule has 166 valence electrons. The van der Waals surface area contributed by atoms with Crippen LogP contribution in [-0.2, 0) is 13.0 Å². The number of Topliss-reactive ketones (excluding diaryl/α,β-unsaturated/α-hetero) is 1. The summed E-state index contributed by atoms with van der Waals surface area (Å²) in [7, 11) is 0. The number of nitrogens with zero attached hydrogens (tertiary/aromatic N) is 2. The summed E-state index contributed by atoms with van der Waals surface area (Å²) in [4.78, 5) is 35.2. The first-order chi connectivity index (χ1) is 15.5. The van der Waals surface area contributed by atoms with Crippen molar-refractivity contribution < 1.29 is 14.0 Å². The summed E-state index contributed by atoms with van der Waals surface area (Å²) in [6, 6.07) is 10.8. The predicted molar refractivity (Wildman–Crippen MR) is 124 cm³/mol. The number of halogens is 1. The number of H-pyrrole nitrogens is 1. The van der Waals surface area contributed by atoms with E-state index in [2.05, 4.69) is 16.0 Å². The Labute approximate surface area is 190 Å². The fraction of sp³-hybridized carbons (Fsp3) is 0.360. The number of nitrogens with one attached hydrogen (secondary N) is 1. The lowest BCUT2D eigenvalue weighted by Gasteiger charge is -2.34. The second-order valence-electron chi connectivity index (χ2n) is 8.60. The van der Waals surface area contributed by atoms with Crippen LogP contribution in [0.5, 0.6) is 0 Å². The van der Waals surface area contributed by atoms with E-state index in [9.17, 15) is 14.0 Å². The minimum Gasteiger partial charge on any atom is -0.354 e. The van der Waals surface area contributed by atoms with Crippen molar-refractivity contribution in [1.82, 2.24) is 14.8 Å². The summed E-state index contributed by atoms with van der Waals surface area (Å²) in [5.74, 6) is -0.0768. The van der Waals surface area contributed by atoms with E-state index in [1.165, 1.54) is 10.9 Å². The van der Waals surface area contributed by atoms with Crippen LogP contribution in [0.4, 0.5) is 4.39 Å². The Hall–Kier alpha value is -2.77. The molecule has 0 atom stereocenters. The van der Waals surface area contributed by atoms with E-state index in [4.69, 9.17) is 0 Å². The molecular formula is C25H26FN3O2S. The summed E-state index contributed by atoms with van der Waals surface area (Å²) in [6.45, 7) is 5.64. The molecule has 2 aliphatic rings. The van der Waals surface area contributed by atoms with Gasteiger partial charge in [-0.1, -0.05) is 12.1 Å². The summed E-state index contributed by atoms with van der Waals surface area (Å²) in [5.41, 5.74) is 3.95. The molecule has 0 unspecified atom stereocenters. The number of hydrogen-bond donors (Lipinski definition) is 1. The van der Waals surface area contributed by atoms with Crippen molar-refractivity contribution >= 4 is 23.0 Å². The van der Waals surface area contributed by atoms with E-state index < -0.39 is 0 Å². The van der Waals surface area contributed by atoms with Crippen molar-refractivity contribution in [3.63, 3.8) is 0 Å². The number of ketones is 1. The van der Waals surface area contributed by atoms with Gasteiger partial charge in [0.05, 0.1) is 0 Å². The highest BCUT2D eigenvalue weighted by molar-refractivity contribution is 7.15. The summed E-state index contributed by atoms with van der Waals surface area (Å²) in [5, 5.41) is 0. The van der Waals surface area contributed by atoms with Crippen LogP contribution < -0.4 is 0 Å². The maximum absolute atomic E-state index is 13.5. The normalized spacial score (nSPS) is 16.9. The van der Waals surface area contributed by atoms with Crippen LogP contribution in [0.15, 0.2) is 36.4 Å². The minimum atomic E-state index is -0.222. The van der Waals surface area contributed by atoms with Crippen LogP contribution in [0.3, 0.4) is 0 Å². The second kappa shape index (κ2) is 8.64. The van der Waals surface area contributed by atoms with Gasteiger partial charge >= 0.3 is 0 Å². The number of carbonyl (C=O) groups excluding carboxylic acids is 2. The van der Waals surface area contributed by atoms with Crippen molar-refractivity contribution in [1.29, 1.82) is 0 Å². The number of thiophene rings is 1. The number of piperazine rings is 1. The quantitative estimate of drug-likeness (QED) is 0.627. The number of hydrogen-bond acceptors (Lipinski definition) is 4. The van der Waals surface area contributed by atoms with Gasteiger partial charge in [-0.05, 0) is 55.2 Å². The Morgan fingerprint density at radius 3 is 2.69 bits per heavy atom. The highest BCUT2D eigenvalue weighted by Crippen LogP contribution is 2.30. The molecule has 1 N–H and O–H groups in total. The van der Waals surface area contributed by atoms with Crippen molar-refractivity contribution in [2.45, 2.75) is 32.7 Å². The first kappa shape index (κ1) is 21.1. The smallest absolute Gasteiger partial charge is 0.270 e. The van der Waals surface area contributed by atoms with Crippen LogP contribution in [0.2, 0.25) is 0 Å². The zero-order chi connectivity index (χ0) is 22.2. The van der Waals surface area contributed by atoms with E-state index in [1.807, 2.05) is 24.0 Å². The zero-order valence-corrected chi connectivity index (χ0v) is 18.9. The largest absolute Gasteiger partial charge is 0.354 e. The Morgan fingerprint density at radius 2 is 1.94 bits per heavy atom. The van der Waals surface area contributed by atoms with Crippen molar-refractivity contribution in [2.24, 2.45) is 0 Å². The number of aromatic nitrogens is 1. The van der Waals surface area contributed by atoms with E-state index in [-0.39, 0.29) is 17.5 Å². The molecule has 1 aromatic carbocycles. The van der Waals surface area contributed by atoms with Crippen LogP contribution in [-0.4, -0.2) is 52.7 Å². The Kier molecular flexibility index (Phi) is 5.69. The molecule has 5 nitrogen and oxygen atoms in total. The maximum Gasteiger partial charge on any atom is 0.270 e. The van der Waals surface area contributed by atoms with E-state index in [1.54, 1.807) is 23.5 Å². The molecule has 1 fully saturated rings. The summed E-state index contributed by atoms with van der Waals surface area (Å²) in [6.07, 6.45) is 2.25. The minimum absolute atomic E-state index is 0.00568. The molecule has 0 bridgehead atoms. The number of aromatic amines is 1. The van der Waals surface area contributed by atoms with Crippen molar-refractivity contribution in [2.75, 3.05) is 26.2 Å². The van der Waals surface area contributed by atoms with Crippen LogP contribution in [0.25, 0.3) is 10.4 Å². The van der Waals surface area contributed by atoms with Crippen LogP contribution in [0, 0.1) is 12.7 Å². The van der Waals surface area contributed by atoms with Crippen LogP contribution in [0.1, 0.15) is 49.8 Å². The Morgan fingerprint density at radius 1 is 1.12 bits per heavy atom. The third kappa shape index (κ3) is 4.02. The third-order valence-electron chi connectivity index (χ3n) is 6.46. The van der Waals surface area contributed by atoms with Crippen molar-refractivity contribution in [3.05, 3.63) is 69.6 Å². The van der Waals surface area contributed by atoms with Gasteiger partial charge in [0.1, 0.15) is 11.5 Å². The van der Waals surface area contributed by atoms with E-state index >= 15 is 0 Å². The fourth-order valence-corrected chi connectivity index (χ4v) is 5.78. The molecule has 1 saturated heterocycles. The molecule has 1 aliphatic heterocycles. The predicted octanol–water partition coefficient (Wildman–Crippen LogP) is 4.67. The number of fused-ring (bicyclic) bond motifs is 1. The third-order valence-corrected chi connectivity index (χ3v) is 7.58. The monoisotopic (exact) mass is 451 g/mol. The molecule has 1 aliphatic carbocycles. The number of aryl methyl sites for hydroxylation is 1. The average Bonchev–Trinajstić information content (AvgIpc) is 3.39. The molecule has 0 spiro atoms. The van der Waals surface area contributed by atoms with E-state index in [0.29, 0.717) is 25.2 Å². The van der Waals surface area contributed by atoms with Gasteiger partial charge < -0.3 is 9.88 Å². The Bertz CT molecular complexity index is 1170. The first-order valence-electron chi connectivity index (χ1n) is 11.1. The topological polar surface area (TPSA) is 56.4 Å². The molecule has 5 rings (SSSR count).